The first kappa shape index (κ1) is 15.2. The average molecular weight is 307 g/mol. The molecular weight excluding hydrogens is 292 g/mol. The van der Waals surface area contributed by atoms with Gasteiger partial charge in [-0.25, -0.2) is 0 Å². The van der Waals surface area contributed by atoms with Crippen molar-refractivity contribution in [3.63, 3.8) is 0 Å². The number of hydrogen-bond donors (Lipinski definition) is 3. The summed E-state index contributed by atoms with van der Waals surface area (Å²) < 4.78 is 5.36. The van der Waals surface area contributed by atoms with E-state index in [0.717, 1.165) is 5.56 Å². The zero-order valence-corrected chi connectivity index (χ0v) is 11.9. The van der Waals surface area contributed by atoms with E-state index in [1.54, 1.807) is 42.5 Å². The van der Waals surface area contributed by atoms with Gasteiger partial charge < -0.3 is 20.9 Å². The SMILES string of the molecule is Nc1cc(Cl)ccc1NC(=O)COc1cccc(CO)c1. The highest BCUT2D eigenvalue weighted by atomic mass is 35.5. The lowest BCUT2D eigenvalue weighted by Gasteiger charge is -2.10. The van der Waals surface area contributed by atoms with Crippen LogP contribution in [0.25, 0.3) is 0 Å². The molecule has 0 aliphatic carbocycles. The Morgan fingerprint density at radius 1 is 1.29 bits per heavy atom. The molecule has 0 bridgehead atoms. The number of aliphatic hydroxyl groups excluding tert-OH is 1. The monoisotopic (exact) mass is 306 g/mol. The van der Waals surface area contributed by atoms with E-state index in [9.17, 15) is 4.79 Å². The molecule has 1 amide bonds. The molecule has 0 spiro atoms. The summed E-state index contributed by atoms with van der Waals surface area (Å²) in [5.41, 5.74) is 7.34. The van der Waals surface area contributed by atoms with Gasteiger partial charge in [-0.15, -0.1) is 0 Å². The Morgan fingerprint density at radius 3 is 2.81 bits per heavy atom. The van der Waals surface area contributed by atoms with Gasteiger partial charge in [0.15, 0.2) is 6.61 Å². The second-order valence-corrected chi connectivity index (χ2v) is 4.81. The first-order chi connectivity index (χ1) is 10.1. The fraction of sp³-hybridized carbons (Fsp3) is 0.133. The fourth-order valence-corrected chi connectivity index (χ4v) is 1.90. The van der Waals surface area contributed by atoms with Crippen molar-refractivity contribution in [2.75, 3.05) is 17.7 Å². The molecule has 0 aliphatic rings. The number of nitrogens with two attached hydrogens (primary N) is 1. The van der Waals surface area contributed by atoms with Crippen LogP contribution in [0.5, 0.6) is 5.75 Å². The molecule has 0 saturated carbocycles. The van der Waals surface area contributed by atoms with Crippen LogP contribution in [0.2, 0.25) is 5.02 Å². The number of carbonyl (C=O) groups excluding carboxylic acids is 1. The zero-order valence-electron chi connectivity index (χ0n) is 11.2. The van der Waals surface area contributed by atoms with Crippen LogP contribution in [0.15, 0.2) is 42.5 Å². The van der Waals surface area contributed by atoms with Crippen LogP contribution in [0, 0.1) is 0 Å². The van der Waals surface area contributed by atoms with Gasteiger partial charge in [0, 0.05) is 5.02 Å². The van der Waals surface area contributed by atoms with Crippen LogP contribution in [0.4, 0.5) is 11.4 Å². The molecule has 110 valence electrons. The number of nitrogen functional groups attached to an aromatic ring is 1. The fourth-order valence-electron chi connectivity index (χ4n) is 1.72. The summed E-state index contributed by atoms with van der Waals surface area (Å²) in [4.78, 5) is 11.8. The lowest BCUT2D eigenvalue weighted by molar-refractivity contribution is -0.118. The van der Waals surface area contributed by atoms with Crippen molar-refractivity contribution in [1.82, 2.24) is 0 Å². The molecule has 0 aliphatic heterocycles. The van der Waals surface area contributed by atoms with Crippen molar-refractivity contribution in [3.05, 3.63) is 53.1 Å². The summed E-state index contributed by atoms with van der Waals surface area (Å²) in [5.74, 6) is 0.180. The lowest BCUT2D eigenvalue weighted by Crippen LogP contribution is -2.20. The van der Waals surface area contributed by atoms with Gasteiger partial charge in [-0.2, -0.15) is 0 Å². The van der Waals surface area contributed by atoms with Crippen molar-refractivity contribution in [3.8, 4) is 5.75 Å². The number of nitrogens with one attached hydrogen (secondary N) is 1. The number of aliphatic hydroxyl groups is 1. The normalized spacial score (nSPS) is 10.2. The van der Waals surface area contributed by atoms with E-state index in [0.29, 0.717) is 22.1 Å². The molecule has 0 radical (unpaired) electrons. The Kier molecular flexibility index (Phi) is 5.03. The molecule has 0 fully saturated rings. The minimum absolute atomic E-state index is 0.0787. The number of rotatable bonds is 5. The van der Waals surface area contributed by atoms with Crippen LogP contribution in [0.3, 0.4) is 0 Å². The minimum atomic E-state index is -0.335. The van der Waals surface area contributed by atoms with Crippen molar-refractivity contribution in [2.24, 2.45) is 0 Å². The van der Waals surface area contributed by atoms with E-state index in [2.05, 4.69) is 5.32 Å². The number of carbonyl (C=O) groups is 1. The quantitative estimate of drug-likeness (QED) is 0.741. The Bertz CT molecular complexity index is 647. The summed E-state index contributed by atoms with van der Waals surface area (Å²) in [6, 6.07) is 11.7. The molecule has 0 aromatic heterocycles. The Labute approximate surface area is 127 Å². The van der Waals surface area contributed by atoms with Crippen LogP contribution in [0.1, 0.15) is 5.56 Å². The highest BCUT2D eigenvalue weighted by Gasteiger charge is 2.07. The van der Waals surface area contributed by atoms with Crippen LogP contribution < -0.4 is 15.8 Å². The maximum Gasteiger partial charge on any atom is 0.262 e. The Morgan fingerprint density at radius 2 is 2.10 bits per heavy atom. The summed E-state index contributed by atoms with van der Waals surface area (Å²) >= 11 is 5.79. The first-order valence-electron chi connectivity index (χ1n) is 6.26. The molecule has 2 aromatic carbocycles. The molecular formula is C15H15ClN2O3. The standard InChI is InChI=1S/C15H15ClN2O3/c16-11-4-5-14(13(17)7-11)18-15(20)9-21-12-3-1-2-10(6-12)8-19/h1-7,19H,8-9,17H2,(H,18,20). The van der Waals surface area contributed by atoms with Gasteiger partial charge in [0.25, 0.3) is 5.91 Å². The van der Waals surface area contributed by atoms with Crippen molar-refractivity contribution >= 4 is 28.9 Å². The maximum absolute atomic E-state index is 11.8. The number of ether oxygens (including phenoxy) is 1. The van der Waals surface area contributed by atoms with Crippen LogP contribution >= 0.6 is 11.6 Å². The van der Waals surface area contributed by atoms with Gasteiger partial charge in [0.1, 0.15) is 5.75 Å². The highest BCUT2D eigenvalue weighted by molar-refractivity contribution is 6.31. The Hall–Kier alpha value is -2.24. The molecule has 0 atom stereocenters. The van der Waals surface area contributed by atoms with Gasteiger partial charge >= 0.3 is 0 Å². The second kappa shape index (κ2) is 6.97. The average Bonchev–Trinajstić information content (AvgIpc) is 2.48. The Balaban J connectivity index is 1.92. The maximum atomic E-state index is 11.8. The molecule has 4 N–H and O–H groups in total. The highest BCUT2D eigenvalue weighted by Crippen LogP contribution is 2.22. The third kappa shape index (κ3) is 4.37. The van der Waals surface area contributed by atoms with Crippen molar-refractivity contribution in [2.45, 2.75) is 6.61 Å². The summed E-state index contributed by atoms with van der Waals surface area (Å²) in [6.07, 6.45) is 0. The number of anilines is 2. The van der Waals surface area contributed by atoms with Gasteiger partial charge in [0.05, 0.1) is 18.0 Å². The predicted molar refractivity (Wildman–Crippen MR) is 82.4 cm³/mol. The van der Waals surface area contributed by atoms with E-state index >= 15 is 0 Å². The molecule has 6 heteroatoms. The lowest BCUT2D eigenvalue weighted by atomic mass is 10.2. The molecule has 0 heterocycles. The predicted octanol–water partition coefficient (Wildman–Crippen LogP) is 2.43. The number of amides is 1. The summed E-state index contributed by atoms with van der Waals surface area (Å²) in [7, 11) is 0. The third-order valence-electron chi connectivity index (χ3n) is 2.74. The molecule has 0 unspecified atom stereocenters. The van der Waals surface area contributed by atoms with Gasteiger partial charge in [0.2, 0.25) is 0 Å². The number of benzene rings is 2. The third-order valence-corrected chi connectivity index (χ3v) is 2.97. The number of halogens is 1. The van der Waals surface area contributed by atoms with Crippen LogP contribution in [-0.4, -0.2) is 17.6 Å². The largest absolute Gasteiger partial charge is 0.484 e. The van der Waals surface area contributed by atoms with E-state index in [4.69, 9.17) is 27.2 Å². The second-order valence-electron chi connectivity index (χ2n) is 4.37. The summed E-state index contributed by atoms with van der Waals surface area (Å²) in [5, 5.41) is 12.2. The topological polar surface area (TPSA) is 84.6 Å². The van der Waals surface area contributed by atoms with Crippen LogP contribution in [-0.2, 0) is 11.4 Å². The van der Waals surface area contributed by atoms with E-state index in [1.165, 1.54) is 0 Å². The molecule has 2 rings (SSSR count). The van der Waals surface area contributed by atoms with Gasteiger partial charge in [-0.1, -0.05) is 23.7 Å². The van der Waals surface area contributed by atoms with E-state index in [1.807, 2.05) is 0 Å². The summed E-state index contributed by atoms with van der Waals surface area (Å²) in [6.45, 7) is -0.234. The van der Waals surface area contributed by atoms with Gasteiger partial charge in [-0.3, -0.25) is 4.79 Å². The molecule has 0 saturated heterocycles. The van der Waals surface area contributed by atoms with E-state index in [-0.39, 0.29) is 19.1 Å². The molecule has 5 nitrogen and oxygen atoms in total. The van der Waals surface area contributed by atoms with E-state index < -0.39 is 0 Å². The van der Waals surface area contributed by atoms with Gasteiger partial charge in [-0.05, 0) is 35.9 Å². The van der Waals surface area contributed by atoms with Crippen molar-refractivity contribution in [1.29, 1.82) is 0 Å². The first-order valence-corrected chi connectivity index (χ1v) is 6.64. The smallest absolute Gasteiger partial charge is 0.262 e. The van der Waals surface area contributed by atoms with Crippen molar-refractivity contribution < 1.29 is 14.6 Å². The minimum Gasteiger partial charge on any atom is -0.484 e. The number of hydrogen-bond acceptors (Lipinski definition) is 4. The molecule has 2 aromatic rings. The zero-order chi connectivity index (χ0) is 15.2. The molecule has 21 heavy (non-hydrogen) atoms.